The van der Waals surface area contributed by atoms with Crippen molar-refractivity contribution in [3.05, 3.63) is 31.1 Å². The number of β-amino-alcohol motifs (C(OH)–C–C–N with tert-alkyl or cyclic N) is 1. The number of piperidine rings is 1. The van der Waals surface area contributed by atoms with Crippen molar-refractivity contribution in [2.45, 2.75) is 32.0 Å². The first-order valence-corrected chi connectivity index (χ1v) is 7.50. The van der Waals surface area contributed by atoms with Gasteiger partial charge >= 0.3 is 0 Å². The molecule has 3 rings (SSSR count). The predicted molar refractivity (Wildman–Crippen MR) is 77.4 cm³/mol. The lowest BCUT2D eigenvalue weighted by Gasteiger charge is -2.33. The third kappa shape index (κ3) is 4.12. The van der Waals surface area contributed by atoms with Gasteiger partial charge in [0.15, 0.2) is 0 Å². The molecule has 1 aliphatic heterocycles. The van der Waals surface area contributed by atoms with E-state index in [4.69, 9.17) is 0 Å². The second-order valence-electron chi connectivity index (χ2n) is 5.77. The van der Waals surface area contributed by atoms with E-state index >= 15 is 0 Å². The quantitative estimate of drug-likeness (QED) is 0.825. The lowest BCUT2D eigenvalue weighted by molar-refractivity contribution is 0.0682. The number of rotatable bonds is 6. The van der Waals surface area contributed by atoms with Gasteiger partial charge < -0.3 is 10.0 Å². The Bertz CT molecular complexity index is 510. The van der Waals surface area contributed by atoms with Gasteiger partial charge in [0.05, 0.1) is 12.6 Å². The third-order valence-corrected chi connectivity index (χ3v) is 3.94. The molecule has 1 saturated heterocycles. The Balaban J connectivity index is 1.46. The molecule has 0 amide bonds. The Morgan fingerprint density at radius 1 is 1.24 bits per heavy atom. The summed E-state index contributed by atoms with van der Waals surface area (Å²) >= 11 is 0. The molecule has 1 aliphatic rings. The molecule has 1 fully saturated rings. The summed E-state index contributed by atoms with van der Waals surface area (Å²) in [7, 11) is 0. The zero-order valence-corrected chi connectivity index (χ0v) is 12.1. The van der Waals surface area contributed by atoms with E-state index in [1.54, 1.807) is 23.5 Å². The number of aliphatic hydroxyl groups is 1. The van der Waals surface area contributed by atoms with Crippen LogP contribution >= 0.6 is 0 Å². The van der Waals surface area contributed by atoms with Crippen molar-refractivity contribution in [3.8, 4) is 0 Å². The lowest BCUT2D eigenvalue weighted by atomic mass is 9.98. The molecule has 3 heterocycles. The van der Waals surface area contributed by atoms with Crippen molar-refractivity contribution in [1.82, 2.24) is 29.4 Å². The van der Waals surface area contributed by atoms with Crippen LogP contribution in [0.2, 0.25) is 0 Å². The highest BCUT2D eigenvalue weighted by atomic mass is 16.3. The number of likely N-dealkylation sites (tertiary alicyclic amines) is 1. The second kappa shape index (κ2) is 6.82. The van der Waals surface area contributed by atoms with Crippen LogP contribution in [0.4, 0.5) is 0 Å². The van der Waals surface area contributed by atoms with Crippen molar-refractivity contribution in [3.63, 3.8) is 0 Å². The minimum atomic E-state index is -0.380. The van der Waals surface area contributed by atoms with Crippen LogP contribution in [0.25, 0.3) is 0 Å². The Morgan fingerprint density at radius 3 is 2.95 bits per heavy atom. The van der Waals surface area contributed by atoms with E-state index in [0.717, 1.165) is 19.6 Å². The zero-order chi connectivity index (χ0) is 14.5. The molecule has 0 aliphatic carbocycles. The molecule has 0 bridgehead atoms. The maximum Gasteiger partial charge on any atom is 0.137 e. The summed E-state index contributed by atoms with van der Waals surface area (Å²) in [4.78, 5) is 6.33. The van der Waals surface area contributed by atoms with Crippen molar-refractivity contribution < 1.29 is 5.11 Å². The number of nitrogens with zero attached hydrogens (tertiary/aromatic N) is 6. The van der Waals surface area contributed by atoms with Gasteiger partial charge in [-0.2, -0.15) is 10.2 Å². The van der Waals surface area contributed by atoms with E-state index in [9.17, 15) is 5.11 Å². The van der Waals surface area contributed by atoms with Crippen molar-refractivity contribution in [2.75, 3.05) is 19.6 Å². The van der Waals surface area contributed by atoms with Gasteiger partial charge in [-0.05, 0) is 31.4 Å². The molecular formula is C14H22N6O. The van der Waals surface area contributed by atoms with Crippen molar-refractivity contribution in [1.29, 1.82) is 0 Å². The third-order valence-electron chi connectivity index (χ3n) is 3.94. The summed E-state index contributed by atoms with van der Waals surface area (Å²) in [6.07, 6.45) is 8.98. The lowest BCUT2D eigenvalue weighted by Crippen LogP contribution is -2.42. The smallest absolute Gasteiger partial charge is 0.137 e. The largest absolute Gasteiger partial charge is 0.390 e. The molecule has 0 aromatic carbocycles. The van der Waals surface area contributed by atoms with E-state index in [1.165, 1.54) is 12.8 Å². The van der Waals surface area contributed by atoms with Gasteiger partial charge in [0.1, 0.15) is 12.7 Å². The Hall–Kier alpha value is -1.73. The van der Waals surface area contributed by atoms with E-state index in [1.807, 2.05) is 16.9 Å². The Labute approximate surface area is 124 Å². The maximum atomic E-state index is 10.2. The standard InChI is InChI=1S/C14H22N6O/c21-14(10-19-6-2-4-16-19)9-18-5-1-3-13(7-18)8-20-12-15-11-17-20/h2,4,6,11-14,21H,1,3,5,7-10H2. The minimum absolute atomic E-state index is 0.380. The summed E-state index contributed by atoms with van der Waals surface area (Å²) < 4.78 is 3.68. The van der Waals surface area contributed by atoms with Crippen molar-refractivity contribution in [2.24, 2.45) is 5.92 Å². The topological polar surface area (TPSA) is 72.0 Å². The van der Waals surface area contributed by atoms with Crippen LogP contribution in [0.5, 0.6) is 0 Å². The molecule has 0 spiro atoms. The molecule has 114 valence electrons. The monoisotopic (exact) mass is 290 g/mol. The fraction of sp³-hybridized carbons (Fsp3) is 0.643. The molecule has 7 heteroatoms. The molecular weight excluding hydrogens is 268 g/mol. The Kier molecular flexibility index (Phi) is 4.62. The highest BCUT2D eigenvalue weighted by molar-refractivity contribution is 4.80. The van der Waals surface area contributed by atoms with E-state index < -0.39 is 0 Å². The second-order valence-corrected chi connectivity index (χ2v) is 5.77. The molecule has 21 heavy (non-hydrogen) atoms. The van der Waals surface area contributed by atoms with Crippen LogP contribution in [0.3, 0.4) is 0 Å². The van der Waals surface area contributed by atoms with Gasteiger partial charge in [0.2, 0.25) is 0 Å². The number of aromatic nitrogens is 5. The highest BCUT2D eigenvalue weighted by Gasteiger charge is 2.22. The van der Waals surface area contributed by atoms with E-state index in [-0.39, 0.29) is 6.10 Å². The van der Waals surface area contributed by atoms with Crippen LogP contribution < -0.4 is 0 Å². The zero-order valence-electron chi connectivity index (χ0n) is 12.1. The molecule has 7 nitrogen and oxygen atoms in total. The first-order chi connectivity index (χ1) is 10.3. The minimum Gasteiger partial charge on any atom is -0.390 e. The van der Waals surface area contributed by atoms with Crippen molar-refractivity contribution >= 4 is 0 Å². The van der Waals surface area contributed by atoms with E-state index in [0.29, 0.717) is 19.0 Å². The molecule has 0 saturated carbocycles. The van der Waals surface area contributed by atoms with Gasteiger partial charge in [-0.25, -0.2) is 4.98 Å². The Morgan fingerprint density at radius 2 is 2.19 bits per heavy atom. The molecule has 2 aromatic heterocycles. The number of aliphatic hydroxyl groups excluding tert-OH is 1. The fourth-order valence-electron chi connectivity index (χ4n) is 3.04. The highest BCUT2D eigenvalue weighted by Crippen LogP contribution is 2.18. The summed E-state index contributed by atoms with van der Waals surface area (Å²) in [5, 5.41) is 18.5. The SMILES string of the molecule is OC(CN1CCCC(Cn2cncn2)C1)Cn1cccn1. The molecule has 1 N–H and O–H groups in total. The van der Waals surface area contributed by atoms with Gasteiger partial charge in [-0.1, -0.05) is 0 Å². The molecule has 2 atom stereocenters. The van der Waals surface area contributed by atoms with Gasteiger partial charge in [-0.3, -0.25) is 9.36 Å². The predicted octanol–water partition coefficient (Wildman–Crippen LogP) is 0.248. The number of hydrogen-bond acceptors (Lipinski definition) is 5. The van der Waals surface area contributed by atoms with E-state index in [2.05, 4.69) is 20.1 Å². The summed E-state index contributed by atoms with van der Waals surface area (Å²) in [6.45, 7) is 4.23. The molecule has 2 unspecified atom stereocenters. The van der Waals surface area contributed by atoms with Gasteiger partial charge in [0.25, 0.3) is 0 Å². The van der Waals surface area contributed by atoms with Gasteiger partial charge in [0, 0.05) is 32.0 Å². The van der Waals surface area contributed by atoms with Crippen LogP contribution in [-0.2, 0) is 13.1 Å². The molecule has 2 aromatic rings. The van der Waals surface area contributed by atoms with Crippen LogP contribution in [0.15, 0.2) is 31.1 Å². The number of hydrogen-bond donors (Lipinski definition) is 1. The van der Waals surface area contributed by atoms with Crippen LogP contribution in [-0.4, -0.2) is 60.3 Å². The average molecular weight is 290 g/mol. The van der Waals surface area contributed by atoms with Gasteiger partial charge in [-0.15, -0.1) is 0 Å². The maximum absolute atomic E-state index is 10.2. The summed E-state index contributed by atoms with van der Waals surface area (Å²) in [5.74, 6) is 0.581. The summed E-state index contributed by atoms with van der Waals surface area (Å²) in [6, 6.07) is 1.88. The van der Waals surface area contributed by atoms with Crippen LogP contribution in [0.1, 0.15) is 12.8 Å². The van der Waals surface area contributed by atoms with Crippen LogP contribution in [0, 0.1) is 5.92 Å². The molecule has 0 radical (unpaired) electrons. The first-order valence-electron chi connectivity index (χ1n) is 7.50. The fourth-order valence-corrected chi connectivity index (χ4v) is 3.04. The average Bonchev–Trinajstić information content (AvgIpc) is 3.12. The first kappa shape index (κ1) is 14.2. The normalized spacial score (nSPS) is 21.5. The summed E-state index contributed by atoms with van der Waals surface area (Å²) in [5.41, 5.74) is 0.